The Balaban J connectivity index is 2.29. The van der Waals surface area contributed by atoms with Crippen molar-refractivity contribution in [3.8, 4) is 0 Å². The number of fused-ring (bicyclic) bond motifs is 1. The highest BCUT2D eigenvalue weighted by Crippen LogP contribution is 2.38. The molecule has 12 heavy (non-hydrogen) atoms. The normalized spacial score (nSPS) is 34.9. The number of carbonyl (C=O) groups is 1. The topological polar surface area (TPSA) is 46.3 Å². The molecule has 0 bridgehead atoms. The van der Waals surface area contributed by atoms with Crippen molar-refractivity contribution in [3.63, 3.8) is 0 Å². The molecule has 2 heterocycles. The molecule has 4 heteroatoms. The zero-order valence-corrected chi connectivity index (χ0v) is 8.02. The minimum absolute atomic E-state index is 0.0732. The summed E-state index contributed by atoms with van der Waals surface area (Å²) in [6.45, 7) is 4.06. The molecule has 0 saturated carbocycles. The minimum atomic E-state index is -0.266. The first-order valence-corrected chi connectivity index (χ1v) is 5.04. The van der Waals surface area contributed by atoms with Gasteiger partial charge in [-0.2, -0.15) is 0 Å². The van der Waals surface area contributed by atoms with Crippen LogP contribution in [0.5, 0.6) is 0 Å². The van der Waals surface area contributed by atoms with Gasteiger partial charge in [-0.05, 0) is 19.4 Å². The van der Waals surface area contributed by atoms with Crippen molar-refractivity contribution < 1.29 is 4.79 Å². The standard InChI is InChI=1S/C8H12N2OS/c1-4-3-12-8-6(9)7(11)10(8)5(4)2/h6,8H,3,9H2,1-2H3. The maximum atomic E-state index is 11.3. The molecule has 2 unspecified atom stereocenters. The summed E-state index contributed by atoms with van der Waals surface area (Å²) in [5.74, 6) is 1.08. The third kappa shape index (κ3) is 0.850. The zero-order valence-electron chi connectivity index (χ0n) is 7.20. The van der Waals surface area contributed by atoms with Crippen LogP contribution >= 0.6 is 11.8 Å². The molecule has 0 aromatic carbocycles. The van der Waals surface area contributed by atoms with Gasteiger partial charge in [0.2, 0.25) is 5.91 Å². The number of nitrogens with two attached hydrogens (primary N) is 1. The number of hydrogen-bond acceptors (Lipinski definition) is 3. The summed E-state index contributed by atoms with van der Waals surface area (Å²) in [7, 11) is 0. The highest BCUT2D eigenvalue weighted by Gasteiger charge is 2.48. The molecule has 66 valence electrons. The highest BCUT2D eigenvalue weighted by molar-refractivity contribution is 8.00. The molecule has 0 aromatic rings. The first kappa shape index (κ1) is 8.13. The van der Waals surface area contributed by atoms with E-state index in [0.717, 1.165) is 11.4 Å². The summed E-state index contributed by atoms with van der Waals surface area (Å²) >= 11 is 1.76. The van der Waals surface area contributed by atoms with Gasteiger partial charge in [-0.15, -0.1) is 11.8 Å². The number of thioether (sulfide) groups is 1. The Labute approximate surface area is 76.0 Å². The number of carbonyl (C=O) groups excluding carboxylic acids is 1. The molecule has 0 aliphatic carbocycles. The van der Waals surface area contributed by atoms with Crippen LogP contribution in [0.1, 0.15) is 13.8 Å². The molecule has 2 atom stereocenters. The summed E-state index contributed by atoms with van der Waals surface area (Å²) in [5.41, 5.74) is 8.04. The van der Waals surface area contributed by atoms with Gasteiger partial charge in [0.1, 0.15) is 11.4 Å². The van der Waals surface area contributed by atoms with Crippen LogP contribution < -0.4 is 5.73 Å². The van der Waals surface area contributed by atoms with E-state index in [1.807, 2.05) is 11.8 Å². The molecule has 1 saturated heterocycles. The van der Waals surface area contributed by atoms with Crippen LogP contribution in [0.4, 0.5) is 0 Å². The maximum Gasteiger partial charge on any atom is 0.247 e. The van der Waals surface area contributed by atoms with Crippen molar-refractivity contribution in [2.24, 2.45) is 5.73 Å². The Morgan fingerprint density at radius 3 is 2.92 bits per heavy atom. The smallest absolute Gasteiger partial charge is 0.247 e. The Morgan fingerprint density at radius 2 is 2.25 bits per heavy atom. The minimum Gasteiger partial charge on any atom is -0.317 e. The SMILES string of the molecule is CC1=C(C)N2C(=O)C(N)C2SC1. The Hall–Kier alpha value is -0.480. The van der Waals surface area contributed by atoms with Gasteiger partial charge in [0.25, 0.3) is 0 Å². The number of amides is 1. The lowest BCUT2D eigenvalue weighted by atomic mass is 10.1. The van der Waals surface area contributed by atoms with E-state index in [-0.39, 0.29) is 17.3 Å². The van der Waals surface area contributed by atoms with E-state index >= 15 is 0 Å². The van der Waals surface area contributed by atoms with Gasteiger partial charge < -0.3 is 10.6 Å². The maximum absolute atomic E-state index is 11.3. The molecule has 1 fully saturated rings. The fourth-order valence-corrected chi connectivity index (χ4v) is 2.91. The van der Waals surface area contributed by atoms with Gasteiger partial charge in [0.05, 0.1) is 0 Å². The molecule has 0 radical (unpaired) electrons. The number of allylic oxidation sites excluding steroid dienone is 1. The quantitative estimate of drug-likeness (QED) is 0.558. The van der Waals surface area contributed by atoms with Crippen molar-refractivity contribution in [1.29, 1.82) is 0 Å². The largest absolute Gasteiger partial charge is 0.317 e. The van der Waals surface area contributed by atoms with Crippen molar-refractivity contribution in [1.82, 2.24) is 4.90 Å². The van der Waals surface area contributed by atoms with Crippen molar-refractivity contribution in [3.05, 3.63) is 11.3 Å². The fraction of sp³-hybridized carbons (Fsp3) is 0.625. The van der Waals surface area contributed by atoms with Gasteiger partial charge >= 0.3 is 0 Å². The summed E-state index contributed by atoms with van der Waals surface area (Å²) in [4.78, 5) is 13.1. The van der Waals surface area contributed by atoms with Gasteiger partial charge in [-0.3, -0.25) is 4.79 Å². The van der Waals surface area contributed by atoms with E-state index in [4.69, 9.17) is 5.73 Å². The predicted octanol–water partition coefficient (Wildman–Crippen LogP) is 0.523. The van der Waals surface area contributed by atoms with Crippen LogP contribution in [0, 0.1) is 0 Å². The van der Waals surface area contributed by atoms with Gasteiger partial charge in [-0.1, -0.05) is 0 Å². The highest BCUT2D eigenvalue weighted by atomic mass is 32.2. The molecule has 3 nitrogen and oxygen atoms in total. The number of rotatable bonds is 0. The van der Waals surface area contributed by atoms with E-state index in [9.17, 15) is 4.79 Å². The lowest BCUT2D eigenvalue weighted by molar-refractivity contribution is -0.141. The molecule has 2 aliphatic rings. The Morgan fingerprint density at radius 1 is 1.58 bits per heavy atom. The van der Waals surface area contributed by atoms with Gasteiger partial charge in [0, 0.05) is 11.4 Å². The molecule has 0 spiro atoms. The second kappa shape index (κ2) is 2.50. The molecule has 2 N–H and O–H groups in total. The monoisotopic (exact) mass is 184 g/mol. The summed E-state index contributed by atoms with van der Waals surface area (Å²) in [5, 5.41) is 0.209. The van der Waals surface area contributed by atoms with Crippen molar-refractivity contribution >= 4 is 17.7 Å². The summed E-state index contributed by atoms with van der Waals surface area (Å²) < 4.78 is 0. The van der Waals surface area contributed by atoms with E-state index in [1.165, 1.54) is 5.57 Å². The third-order valence-electron chi connectivity index (χ3n) is 2.53. The third-order valence-corrected chi connectivity index (χ3v) is 3.98. The first-order valence-electron chi connectivity index (χ1n) is 3.99. The first-order chi connectivity index (χ1) is 5.63. The average molecular weight is 184 g/mol. The van der Waals surface area contributed by atoms with Crippen LogP contribution in [0.3, 0.4) is 0 Å². The Kier molecular flexibility index (Phi) is 1.70. The van der Waals surface area contributed by atoms with Crippen molar-refractivity contribution in [2.75, 3.05) is 5.75 Å². The average Bonchev–Trinajstić information content (AvgIpc) is 2.08. The lowest BCUT2D eigenvalue weighted by Crippen LogP contribution is -2.67. The molecule has 1 amide bonds. The second-order valence-electron chi connectivity index (χ2n) is 3.30. The van der Waals surface area contributed by atoms with Gasteiger partial charge in [0.15, 0.2) is 0 Å². The fourth-order valence-electron chi connectivity index (χ4n) is 1.54. The van der Waals surface area contributed by atoms with Crippen molar-refractivity contribution in [2.45, 2.75) is 25.3 Å². The predicted molar refractivity (Wildman–Crippen MR) is 49.4 cm³/mol. The molecular weight excluding hydrogens is 172 g/mol. The molecular formula is C8H12N2OS. The molecule has 0 aromatic heterocycles. The molecule has 2 aliphatic heterocycles. The van der Waals surface area contributed by atoms with E-state index in [2.05, 4.69) is 6.92 Å². The summed E-state index contributed by atoms with van der Waals surface area (Å²) in [6.07, 6.45) is 0. The van der Waals surface area contributed by atoms with Gasteiger partial charge in [-0.25, -0.2) is 0 Å². The number of β-lactam (4-membered cyclic amide) rings is 1. The summed E-state index contributed by atoms with van der Waals surface area (Å²) in [6, 6.07) is -0.266. The number of hydrogen-bond donors (Lipinski definition) is 1. The lowest BCUT2D eigenvalue weighted by Gasteiger charge is -2.48. The second-order valence-corrected chi connectivity index (χ2v) is 4.41. The van der Waals surface area contributed by atoms with Crippen LogP contribution in [0.15, 0.2) is 11.3 Å². The van der Waals surface area contributed by atoms with Crippen LogP contribution in [0.25, 0.3) is 0 Å². The Bertz CT molecular complexity index is 274. The molecule has 2 rings (SSSR count). The van der Waals surface area contributed by atoms with E-state index < -0.39 is 0 Å². The van der Waals surface area contributed by atoms with Crippen LogP contribution in [-0.4, -0.2) is 28.0 Å². The van der Waals surface area contributed by atoms with Crippen LogP contribution in [-0.2, 0) is 4.79 Å². The zero-order chi connectivity index (χ0) is 8.88. The van der Waals surface area contributed by atoms with E-state index in [0.29, 0.717) is 0 Å². The number of nitrogens with zero attached hydrogens (tertiary/aromatic N) is 1. The van der Waals surface area contributed by atoms with Crippen LogP contribution in [0.2, 0.25) is 0 Å². The van der Waals surface area contributed by atoms with E-state index in [1.54, 1.807) is 11.8 Å².